The summed E-state index contributed by atoms with van der Waals surface area (Å²) in [7, 11) is 0. The van der Waals surface area contributed by atoms with Crippen LogP contribution >= 0.6 is 0 Å². The summed E-state index contributed by atoms with van der Waals surface area (Å²) in [5, 5.41) is 3.28. The summed E-state index contributed by atoms with van der Waals surface area (Å²) < 4.78 is 12.3. The van der Waals surface area contributed by atoms with Crippen molar-refractivity contribution in [3.8, 4) is 0 Å². The van der Waals surface area contributed by atoms with E-state index in [0.29, 0.717) is 11.8 Å². The molecule has 0 radical (unpaired) electrons. The first-order valence-electron chi connectivity index (χ1n) is 4.50. The highest BCUT2D eigenvalue weighted by atomic mass is 19.1. The summed E-state index contributed by atoms with van der Waals surface area (Å²) >= 11 is 0. The molecule has 0 spiro atoms. The zero-order valence-electron chi connectivity index (χ0n) is 7.44. The van der Waals surface area contributed by atoms with Gasteiger partial charge in [-0.3, -0.25) is 4.39 Å². The molecule has 1 aliphatic heterocycles. The molecule has 2 atom stereocenters. The number of nitrogens with one attached hydrogen (secondary N) is 1. The van der Waals surface area contributed by atoms with Crippen LogP contribution in [0.1, 0.15) is 20.3 Å². The van der Waals surface area contributed by atoms with E-state index in [1.165, 1.54) is 0 Å². The summed E-state index contributed by atoms with van der Waals surface area (Å²) in [4.78, 5) is 0. The molecule has 1 heterocycles. The molecule has 1 aliphatic rings. The fourth-order valence-electron chi connectivity index (χ4n) is 1.69. The summed E-state index contributed by atoms with van der Waals surface area (Å²) in [5.41, 5.74) is 0. The minimum atomic E-state index is -0.157. The second kappa shape index (κ2) is 4.05. The lowest BCUT2D eigenvalue weighted by Gasteiger charge is -2.30. The van der Waals surface area contributed by atoms with Crippen LogP contribution in [0.25, 0.3) is 0 Å². The van der Waals surface area contributed by atoms with Crippen LogP contribution in [0, 0.1) is 17.8 Å². The molecule has 1 fully saturated rings. The lowest BCUT2D eigenvalue weighted by Crippen LogP contribution is -2.39. The van der Waals surface area contributed by atoms with E-state index in [-0.39, 0.29) is 12.6 Å². The van der Waals surface area contributed by atoms with Gasteiger partial charge in [0.15, 0.2) is 0 Å². The Balaban J connectivity index is 2.33. The van der Waals surface area contributed by atoms with Gasteiger partial charge in [0.05, 0.1) is 6.67 Å². The van der Waals surface area contributed by atoms with Crippen LogP contribution in [0.4, 0.5) is 4.39 Å². The fourth-order valence-corrected chi connectivity index (χ4v) is 1.69. The van der Waals surface area contributed by atoms with Crippen molar-refractivity contribution in [2.75, 3.05) is 19.8 Å². The van der Waals surface area contributed by atoms with Gasteiger partial charge in [0, 0.05) is 12.5 Å². The largest absolute Gasteiger partial charge is 0.316 e. The summed E-state index contributed by atoms with van der Waals surface area (Å²) in [5.74, 6) is 1.65. The van der Waals surface area contributed by atoms with E-state index in [9.17, 15) is 4.39 Å². The van der Waals surface area contributed by atoms with Crippen molar-refractivity contribution in [1.29, 1.82) is 0 Å². The zero-order chi connectivity index (χ0) is 8.27. The van der Waals surface area contributed by atoms with E-state index in [1.54, 1.807) is 0 Å². The minimum absolute atomic E-state index is 0.157. The molecule has 0 bridgehead atoms. The van der Waals surface area contributed by atoms with Gasteiger partial charge < -0.3 is 5.32 Å². The van der Waals surface area contributed by atoms with Gasteiger partial charge in [0.2, 0.25) is 0 Å². The molecule has 2 unspecified atom stereocenters. The Bertz CT molecular complexity index is 114. The molecule has 1 rings (SSSR count). The summed E-state index contributed by atoms with van der Waals surface area (Å²) in [6, 6.07) is 0. The average molecular weight is 159 g/mol. The van der Waals surface area contributed by atoms with Gasteiger partial charge in [-0.05, 0) is 24.8 Å². The summed E-state index contributed by atoms with van der Waals surface area (Å²) in [6.45, 7) is 6.23. The van der Waals surface area contributed by atoms with Crippen molar-refractivity contribution in [2.45, 2.75) is 20.3 Å². The number of rotatable bonds is 2. The Morgan fingerprint density at radius 3 is 2.73 bits per heavy atom. The van der Waals surface area contributed by atoms with Gasteiger partial charge in [0.1, 0.15) is 0 Å². The summed E-state index contributed by atoms with van der Waals surface area (Å²) in [6.07, 6.45) is 1.07. The molecular formula is C9H18FN. The van der Waals surface area contributed by atoms with Crippen LogP contribution in [-0.4, -0.2) is 19.8 Å². The highest BCUT2D eigenvalue weighted by molar-refractivity contribution is 4.77. The van der Waals surface area contributed by atoms with Crippen LogP contribution in [0.5, 0.6) is 0 Å². The second-order valence-electron chi connectivity index (χ2n) is 3.92. The predicted molar refractivity (Wildman–Crippen MR) is 45.3 cm³/mol. The Morgan fingerprint density at radius 2 is 2.18 bits per heavy atom. The molecule has 0 saturated carbocycles. The van der Waals surface area contributed by atoms with Crippen LogP contribution < -0.4 is 5.32 Å². The van der Waals surface area contributed by atoms with Crippen LogP contribution in [-0.2, 0) is 0 Å². The van der Waals surface area contributed by atoms with Crippen LogP contribution in [0.2, 0.25) is 0 Å². The molecule has 11 heavy (non-hydrogen) atoms. The van der Waals surface area contributed by atoms with Crippen molar-refractivity contribution < 1.29 is 4.39 Å². The lowest BCUT2D eigenvalue weighted by atomic mass is 9.84. The monoisotopic (exact) mass is 159 g/mol. The Morgan fingerprint density at radius 1 is 1.45 bits per heavy atom. The number of halogens is 1. The first kappa shape index (κ1) is 8.98. The number of alkyl halides is 1. The molecule has 1 saturated heterocycles. The average Bonchev–Trinajstić information content (AvgIpc) is 2.05. The van der Waals surface area contributed by atoms with E-state index in [1.807, 2.05) is 0 Å². The van der Waals surface area contributed by atoms with Crippen molar-refractivity contribution in [2.24, 2.45) is 17.8 Å². The maximum Gasteiger partial charge on any atom is 0.0934 e. The third kappa shape index (κ3) is 2.44. The third-order valence-electron chi connectivity index (χ3n) is 2.64. The smallest absolute Gasteiger partial charge is 0.0934 e. The topological polar surface area (TPSA) is 12.0 Å². The van der Waals surface area contributed by atoms with Gasteiger partial charge >= 0.3 is 0 Å². The zero-order valence-corrected chi connectivity index (χ0v) is 7.44. The van der Waals surface area contributed by atoms with E-state index in [2.05, 4.69) is 19.2 Å². The molecule has 1 N–H and O–H groups in total. The lowest BCUT2D eigenvalue weighted by molar-refractivity contribution is 0.202. The van der Waals surface area contributed by atoms with Gasteiger partial charge in [-0.25, -0.2) is 0 Å². The molecule has 2 heteroatoms. The van der Waals surface area contributed by atoms with Gasteiger partial charge in [-0.2, -0.15) is 0 Å². The molecule has 0 aromatic heterocycles. The van der Waals surface area contributed by atoms with Crippen molar-refractivity contribution in [1.82, 2.24) is 5.32 Å². The van der Waals surface area contributed by atoms with Gasteiger partial charge in [-0.15, -0.1) is 0 Å². The maximum absolute atomic E-state index is 12.3. The molecule has 0 amide bonds. The van der Waals surface area contributed by atoms with E-state index in [0.717, 1.165) is 19.5 Å². The van der Waals surface area contributed by atoms with Crippen LogP contribution in [0.3, 0.4) is 0 Å². The molecule has 66 valence electrons. The second-order valence-corrected chi connectivity index (χ2v) is 3.92. The molecule has 0 aliphatic carbocycles. The van der Waals surface area contributed by atoms with Crippen molar-refractivity contribution in [3.05, 3.63) is 0 Å². The first-order valence-corrected chi connectivity index (χ1v) is 4.50. The van der Waals surface area contributed by atoms with Crippen molar-refractivity contribution in [3.63, 3.8) is 0 Å². The highest BCUT2D eigenvalue weighted by Crippen LogP contribution is 2.23. The molecule has 1 nitrogen and oxygen atoms in total. The third-order valence-corrected chi connectivity index (χ3v) is 2.64. The first-order chi connectivity index (χ1) is 5.24. The normalized spacial score (nSPS) is 32.7. The van der Waals surface area contributed by atoms with E-state index in [4.69, 9.17) is 0 Å². The van der Waals surface area contributed by atoms with Crippen molar-refractivity contribution >= 4 is 0 Å². The molecule has 0 aromatic rings. The Kier molecular flexibility index (Phi) is 3.31. The fraction of sp³-hybridized carbons (Fsp3) is 1.00. The quantitative estimate of drug-likeness (QED) is 0.648. The van der Waals surface area contributed by atoms with Gasteiger partial charge in [0.25, 0.3) is 0 Å². The van der Waals surface area contributed by atoms with Gasteiger partial charge in [-0.1, -0.05) is 13.8 Å². The SMILES string of the molecule is CC(C)C1CNCC(CF)C1. The Hall–Kier alpha value is -0.110. The molecule has 0 aromatic carbocycles. The standard InChI is InChI=1S/C9H18FN/c1-7(2)9-3-8(4-10)5-11-6-9/h7-9,11H,3-6H2,1-2H3. The van der Waals surface area contributed by atoms with E-state index >= 15 is 0 Å². The predicted octanol–water partition coefficient (Wildman–Crippen LogP) is 1.84. The minimum Gasteiger partial charge on any atom is -0.316 e. The maximum atomic E-state index is 12.3. The van der Waals surface area contributed by atoms with E-state index < -0.39 is 0 Å². The number of hydrogen-bond acceptors (Lipinski definition) is 1. The Labute approximate surface area is 68.4 Å². The highest BCUT2D eigenvalue weighted by Gasteiger charge is 2.23. The number of hydrogen-bond donors (Lipinski definition) is 1. The molecular weight excluding hydrogens is 141 g/mol. The number of piperidine rings is 1. The van der Waals surface area contributed by atoms with Crippen LogP contribution in [0.15, 0.2) is 0 Å².